The fourth-order valence-electron chi connectivity index (χ4n) is 2.47. The van der Waals surface area contributed by atoms with Crippen LogP contribution in [0.1, 0.15) is 11.4 Å². The quantitative estimate of drug-likeness (QED) is 0.733. The maximum atomic E-state index is 13.1. The molecule has 0 amide bonds. The highest BCUT2D eigenvalue weighted by molar-refractivity contribution is 7.91. The fraction of sp³-hybridized carbons (Fsp3) is 0.200. The number of nitrogens with one attached hydrogen (secondary N) is 1. The van der Waals surface area contributed by atoms with Crippen LogP contribution in [0.4, 0.5) is 5.82 Å². The summed E-state index contributed by atoms with van der Waals surface area (Å²) in [6, 6.07) is 7.66. The Morgan fingerprint density at radius 3 is 2.71 bits per heavy atom. The van der Waals surface area contributed by atoms with Crippen molar-refractivity contribution in [2.75, 3.05) is 12.4 Å². The molecule has 0 aliphatic heterocycles. The van der Waals surface area contributed by atoms with E-state index in [1.54, 1.807) is 32.2 Å². The fourth-order valence-corrected chi connectivity index (χ4v) is 4.27. The first-order valence-corrected chi connectivity index (χ1v) is 8.93. The highest BCUT2D eigenvalue weighted by Crippen LogP contribution is 2.32. The summed E-state index contributed by atoms with van der Waals surface area (Å²) in [5, 5.41) is 16.8. The predicted octanol–water partition coefficient (Wildman–Crippen LogP) is 2.06. The number of aromatic nitrogens is 3. The molecule has 0 saturated heterocycles. The van der Waals surface area contributed by atoms with Crippen LogP contribution < -0.4 is 5.32 Å². The number of hydrogen-bond acceptors (Lipinski definition) is 6. The van der Waals surface area contributed by atoms with Crippen LogP contribution in [-0.4, -0.2) is 35.2 Å². The van der Waals surface area contributed by atoms with Crippen LogP contribution >= 0.6 is 11.6 Å². The van der Waals surface area contributed by atoms with E-state index in [9.17, 15) is 13.5 Å². The molecule has 24 heavy (non-hydrogen) atoms. The van der Waals surface area contributed by atoms with E-state index in [1.165, 1.54) is 16.6 Å². The second-order valence-corrected chi connectivity index (χ2v) is 7.49. The number of anilines is 1. The smallest absolute Gasteiger partial charge is 0.214 e. The molecule has 0 aliphatic rings. The van der Waals surface area contributed by atoms with Crippen LogP contribution in [0.25, 0.3) is 5.65 Å². The summed E-state index contributed by atoms with van der Waals surface area (Å²) in [4.78, 5) is 4.31. The number of sulfone groups is 1. The van der Waals surface area contributed by atoms with Gasteiger partial charge in [0.25, 0.3) is 0 Å². The number of fused-ring (bicyclic) bond motifs is 1. The number of rotatable bonds is 4. The number of aliphatic hydroxyl groups is 1. The van der Waals surface area contributed by atoms with E-state index >= 15 is 0 Å². The topological polar surface area (TPSA) is 96.6 Å². The minimum atomic E-state index is -3.90. The van der Waals surface area contributed by atoms with Crippen LogP contribution in [0.15, 0.2) is 40.1 Å². The Morgan fingerprint density at radius 2 is 2.08 bits per heavy atom. The van der Waals surface area contributed by atoms with Crippen molar-refractivity contribution in [3.05, 3.63) is 46.7 Å². The lowest BCUT2D eigenvalue weighted by atomic mass is 10.3. The monoisotopic (exact) mass is 366 g/mol. The average Bonchev–Trinajstić information content (AvgIpc) is 2.93. The van der Waals surface area contributed by atoms with Crippen molar-refractivity contribution >= 4 is 32.9 Å². The molecule has 7 nitrogen and oxygen atoms in total. The summed E-state index contributed by atoms with van der Waals surface area (Å²) >= 11 is 5.93. The normalized spacial score (nSPS) is 11.8. The zero-order chi connectivity index (χ0) is 17.5. The van der Waals surface area contributed by atoms with Crippen LogP contribution in [0.3, 0.4) is 0 Å². The number of hydrogen-bond donors (Lipinski definition) is 2. The molecule has 1 aromatic carbocycles. The molecule has 3 rings (SSSR count). The molecular weight excluding hydrogens is 352 g/mol. The van der Waals surface area contributed by atoms with Gasteiger partial charge in [0.2, 0.25) is 9.84 Å². The summed E-state index contributed by atoms with van der Waals surface area (Å²) in [7, 11) is -2.33. The maximum Gasteiger partial charge on any atom is 0.214 e. The summed E-state index contributed by atoms with van der Waals surface area (Å²) < 4.78 is 27.5. The molecular formula is C15H15ClN4O3S. The molecule has 0 unspecified atom stereocenters. The first-order chi connectivity index (χ1) is 11.4. The Labute approximate surface area is 143 Å². The molecule has 2 N–H and O–H groups in total. The van der Waals surface area contributed by atoms with E-state index in [0.717, 1.165) is 0 Å². The first kappa shape index (κ1) is 16.7. The summed E-state index contributed by atoms with van der Waals surface area (Å²) in [6.07, 6.45) is 0. The molecule has 2 heterocycles. The van der Waals surface area contributed by atoms with Crippen LogP contribution in [0.2, 0.25) is 5.02 Å². The van der Waals surface area contributed by atoms with E-state index in [0.29, 0.717) is 16.4 Å². The van der Waals surface area contributed by atoms with Gasteiger partial charge in [-0.25, -0.2) is 17.9 Å². The third-order valence-electron chi connectivity index (χ3n) is 3.52. The third-order valence-corrected chi connectivity index (χ3v) is 5.55. The Morgan fingerprint density at radius 1 is 1.33 bits per heavy atom. The van der Waals surface area contributed by atoms with Gasteiger partial charge in [-0.2, -0.15) is 0 Å². The minimum absolute atomic E-state index is 0.0503. The van der Waals surface area contributed by atoms with Crippen molar-refractivity contribution in [2.24, 2.45) is 0 Å². The van der Waals surface area contributed by atoms with E-state index < -0.39 is 9.84 Å². The molecule has 0 atom stereocenters. The zero-order valence-electron chi connectivity index (χ0n) is 13.0. The van der Waals surface area contributed by atoms with Gasteiger partial charge in [-0.05, 0) is 31.2 Å². The lowest BCUT2D eigenvalue weighted by Crippen LogP contribution is -2.06. The van der Waals surface area contributed by atoms with E-state index in [4.69, 9.17) is 11.6 Å². The Hall–Kier alpha value is -2.16. The van der Waals surface area contributed by atoms with Gasteiger partial charge in [-0.1, -0.05) is 17.7 Å². The highest BCUT2D eigenvalue weighted by Gasteiger charge is 2.29. The number of aliphatic hydroxyl groups excluding tert-OH is 1. The largest absolute Gasteiger partial charge is 0.390 e. The number of nitrogens with zero attached hydrogens (tertiary/aromatic N) is 3. The molecule has 0 bridgehead atoms. The first-order valence-electron chi connectivity index (χ1n) is 7.07. The molecule has 0 radical (unpaired) electrons. The standard InChI is InChI=1S/C15H15ClN4O3S/c1-9-6-11(8-21)20-15(18-9)13(14(17-2)19-20)24(22,23)12-5-3-4-10(16)7-12/h3-7,21H,8H2,1-2H3,(H,17,19). The van der Waals surface area contributed by atoms with Gasteiger partial charge in [0.15, 0.2) is 16.4 Å². The Bertz CT molecular complexity index is 1030. The van der Waals surface area contributed by atoms with Gasteiger partial charge in [0.1, 0.15) is 0 Å². The molecule has 0 saturated carbocycles. The second-order valence-electron chi connectivity index (χ2n) is 5.17. The number of aryl methyl sites for hydroxylation is 1. The number of benzene rings is 1. The minimum Gasteiger partial charge on any atom is -0.390 e. The van der Waals surface area contributed by atoms with Crippen molar-refractivity contribution in [1.82, 2.24) is 14.6 Å². The predicted molar refractivity (Wildman–Crippen MR) is 90.1 cm³/mol. The molecule has 2 aromatic heterocycles. The number of halogens is 1. The van der Waals surface area contributed by atoms with Gasteiger partial charge in [-0.15, -0.1) is 5.10 Å². The van der Waals surface area contributed by atoms with E-state index in [-0.39, 0.29) is 27.9 Å². The Balaban J connectivity index is 2.38. The zero-order valence-corrected chi connectivity index (χ0v) is 14.6. The van der Waals surface area contributed by atoms with Gasteiger partial charge in [0.05, 0.1) is 17.2 Å². The average molecular weight is 367 g/mol. The van der Waals surface area contributed by atoms with Gasteiger partial charge < -0.3 is 10.4 Å². The van der Waals surface area contributed by atoms with E-state index in [1.807, 2.05) is 0 Å². The lowest BCUT2D eigenvalue weighted by molar-refractivity contribution is 0.273. The van der Waals surface area contributed by atoms with Crippen molar-refractivity contribution in [2.45, 2.75) is 23.3 Å². The van der Waals surface area contributed by atoms with Crippen molar-refractivity contribution in [3.63, 3.8) is 0 Å². The molecule has 9 heteroatoms. The second kappa shape index (κ2) is 6.04. The molecule has 126 valence electrons. The van der Waals surface area contributed by atoms with Crippen molar-refractivity contribution in [3.8, 4) is 0 Å². The van der Waals surface area contributed by atoms with Gasteiger partial charge >= 0.3 is 0 Å². The van der Waals surface area contributed by atoms with Crippen LogP contribution in [0, 0.1) is 6.92 Å². The van der Waals surface area contributed by atoms with Gasteiger partial charge in [0, 0.05) is 17.8 Å². The van der Waals surface area contributed by atoms with Crippen LogP contribution in [-0.2, 0) is 16.4 Å². The summed E-state index contributed by atoms with van der Waals surface area (Å²) in [5.41, 5.74) is 1.18. The van der Waals surface area contributed by atoms with Crippen molar-refractivity contribution < 1.29 is 13.5 Å². The summed E-state index contributed by atoms with van der Waals surface area (Å²) in [6.45, 7) is 1.43. The molecule has 0 fully saturated rings. The third kappa shape index (κ3) is 2.62. The molecule has 3 aromatic rings. The Kier molecular flexibility index (Phi) is 4.20. The molecule has 0 spiro atoms. The van der Waals surface area contributed by atoms with E-state index in [2.05, 4.69) is 15.4 Å². The van der Waals surface area contributed by atoms with Crippen molar-refractivity contribution in [1.29, 1.82) is 0 Å². The maximum absolute atomic E-state index is 13.1. The lowest BCUT2D eigenvalue weighted by Gasteiger charge is -2.06. The summed E-state index contributed by atoms with van der Waals surface area (Å²) in [5.74, 6) is 0.155. The highest BCUT2D eigenvalue weighted by atomic mass is 35.5. The SMILES string of the molecule is CNc1nn2c(CO)cc(C)nc2c1S(=O)(=O)c1cccc(Cl)c1. The van der Waals surface area contributed by atoms with Gasteiger partial charge in [-0.3, -0.25) is 0 Å². The van der Waals surface area contributed by atoms with Crippen LogP contribution in [0.5, 0.6) is 0 Å². The molecule has 0 aliphatic carbocycles.